The van der Waals surface area contributed by atoms with Crippen molar-refractivity contribution in [1.82, 2.24) is 15.0 Å². The Morgan fingerprint density at radius 2 is 0.843 bits per heavy atom. The normalized spacial score (nSPS) is 11.3. The van der Waals surface area contributed by atoms with Crippen LogP contribution in [0.1, 0.15) is 198 Å². The summed E-state index contributed by atoms with van der Waals surface area (Å²) < 4.78 is 201. The van der Waals surface area contributed by atoms with Crippen LogP contribution in [0.15, 0.2) is 97.1 Å². The Morgan fingerprint density at radius 3 is 1.16 bits per heavy atom. The molecular weight excluding hydrogens is 1770 g/mol. The number of unbranched alkanes of at least 4 members (excludes halogenated alkanes) is 4. The number of thiocarbonyl (C=S) groups is 1. The standard InChI is InChI=1S/C17H18F3NO2S.C15H15ClF3NS.C15H16F3NOS.C9H16O3.C8H13ClO3.C8H6F3NS.CH3ClO2S.Al.Cl2O2S.Li.4H/c1-3-5-6-13-14(16(22)23-4-2)24-15(21-13)11-7-9-12(10-8-11)17(18,19)20;1-2-3-4-12-13(9-16)21-14(20-12)10-5-7-11(8-6-10)15(17,18)19;1-2-3-4-12-13(9-20)21-14(19-12)10-5-7-11(8-6-10)15(16,17)18;1-3-5-6-8(10)7-9(11)12-4-2;1-3-5-6(10)7(9)8(11)12-4-2;9-8(10,11)6-3-1-5(2-4-6)7(12)13;1-5(2,3)4;;1-5(2,3)4;;;;;/h7-10H,3-6H2,1-2H3;5-8H,2-4,9H2,1H3;5-8,20H,2-4,9H2,1H3;3-7H2,1-2H3;7H,3-5H2,1-2H3;1-4H,(H2,12,13);1H3;;;;;;;/q;;;;;;;;;+1;;;;-1. The number of rotatable bonds is 28. The van der Waals surface area contributed by atoms with Crippen LogP contribution in [0.2, 0.25) is 0 Å². The number of nitrogens with zero attached hydrogens (tertiary/aromatic N) is 3. The quantitative estimate of drug-likeness (QED) is 0.00674. The van der Waals surface area contributed by atoms with Crippen molar-refractivity contribution in [1.29, 1.82) is 0 Å². The van der Waals surface area contributed by atoms with Crippen LogP contribution < -0.4 is 24.6 Å². The Morgan fingerprint density at radius 1 is 0.522 bits per heavy atom. The van der Waals surface area contributed by atoms with Crippen LogP contribution in [0.5, 0.6) is 0 Å². The number of hydrogen-bond donors (Lipinski definition) is 2. The summed E-state index contributed by atoms with van der Waals surface area (Å²) in [7, 11) is 6.12. The van der Waals surface area contributed by atoms with Gasteiger partial charge in [-0.2, -0.15) is 61.1 Å². The summed E-state index contributed by atoms with van der Waals surface area (Å²) in [6.45, 7) is 16.0. The van der Waals surface area contributed by atoms with E-state index in [0.717, 1.165) is 156 Å². The van der Waals surface area contributed by atoms with E-state index in [9.17, 15) is 90.2 Å². The molecular formula is C73H91AlCl5F12LiN4O13S6. The van der Waals surface area contributed by atoms with Gasteiger partial charge >= 0.3 is 69.7 Å². The Kier molecular flexibility index (Phi) is 57.6. The van der Waals surface area contributed by atoms with Gasteiger partial charge in [0.15, 0.2) is 28.5 Å². The second-order valence-corrected chi connectivity index (χ2v) is 34.1. The molecule has 115 heavy (non-hydrogen) atoms. The van der Waals surface area contributed by atoms with E-state index in [-0.39, 0.29) is 80.4 Å². The van der Waals surface area contributed by atoms with Crippen molar-refractivity contribution >= 4 is 171 Å². The first-order valence-corrected chi connectivity index (χ1v) is 44.0. The minimum Gasteiger partial charge on any atom is -1.00 e. The number of alkyl halides is 14. The molecule has 0 spiro atoms. The third-order valence-corrected chi connectivity index (χ3v) is 18.4. The summed E-state index contributed by atoms with van der Waals surface area (Å²) in [5.41, 5.74) is 7.29. The zero-order chi connectivity index (χ0) is 86.7. The van der Waals surface area contributed by atoms with Crippen molar-refractivity contribution in [3.63, 3.8) is 0 Å². The van der Waals surface area contributed by atoms with Gasteiger partial charge in [0.2, 0.25) is 9.05 Å². The number of carbonyl (C=O) groups excluding carboxylic acids is 5. The summed E-state index contributed by atoms with van der Waals surface area (Å²) in [5.74, 6) is -1.37. The third kappa shape index (κ3) is 49.4. The average molecular weight is 1860 g/mol. The van der Waals surface area contributed by atoms with E-state index < -0.39 is 87.6 Å². The number of aryl methyl sites for hydroxylation is 3. The summed E-state index contributed by atoms with van der Waals surface area (Å²) in [6.07, 6.45) is -4.90. The number of ether oxygens (including phenoxy) is 3. The fourth-order valence-corrected chi connectivity index (χ4v) is 12.0. The maximum atomic E-state index is 12.6. The molecule has 4 aromatic carbocycles. The number of thiazole rings is 3. The first-order valence-electron chi connectivity index (χ1n) is 34.4. The van der Waals surface area contributed by atoms with Gasteiger partial charge in [-0.15, -0.1) is 57.2 Å². The summed E-state index contributed by atoms with van der Waals surface area (Å²) in [6, 6.07) is 19.3. The van der Waals surface area contributed by atoms with Gasteiger partial charge in [-0.3, -0.25) is 14.4 Å². The Bertz CT molecular complexity index is 4100. The molecule has 1 atom stereocenters. The predicted molar refractivity (Wildman–Crippen MR) is 437 cm³/mol. The van der Waals surface area contributed by atoms with Crippen molar-refractivity contribution in [3.8, 4) is 31.7 Å². The monoisotopic (exact) mass is 1860 g/mol. The number of benzene rings is 4. The minimum atomic E-state index is -4.37. The minimum absolute atomic E-state index is 0. The number of Topliss-reactive ketones (excluding diaryl/α,β-unsaturated/α-hetero) is 2. The second-order valence-electron chi connectivity index (χ2n) is 23.1. The van der Waals surface area contributed by atoms with Gasteiger partial charge in [0.25, 0.3) is 0 Å². The number of aliphatic hydroxyl groups excluding tert-OH is 1. The number of hydrogen-bond acceptors (Lipinski definition) is 20. The smallest absolute Gasteiger partial charge is 1.00 e. The Labute approximate surface area is 727 Å². The van der Waals surface area contributed by atoms with E-state index in [2.05, 4.69) is 82.5 Å². The molecule has 3 heterocycles. The fraction of sp³-hybridized carbons (Fsp3) is 0.466. The van der Waals surface area contributed by atoms with Crippen LogP contribution in [0, 0.1) is 0 Å². The second kappa shape index (κ2) is 58.1. The van der Waals surface area contributed by atoms with Crippen LogP contribution in [-0.4, -0.2) is 120 Å². The van der Waals surface area contributed by atoms with Gasteiger partial charge in [-0.05, 0) is 121 Å². The van der Waals surface area contributed by atoms with Crippen LogP contribution in [0.25, 0.3) is 31.7 Å². The van der Waals surface area contributed by atoms with Crippen LogP contribution in [-0.2, 0) is 107 Å². The molecule has 0 amide bonds. The molecule has 1 unspecified atom stereocenters. The molecule has 42 heteroatoms. The van der Waals surface area contributed by atoms with E-state index in [1.807, 2.05) is 20.8 Å². The van der Waals surface area contributed by atoms with Gasteiger partial charge in [0, 0.05) is 72.0 Å². The molecule has 0 radical (unpaired) electrons. The number of aromatic nitrogens is 3. The number of esters is 3. The summed E-state index contributed by atoms with van der Waals surface area (Å²) in [5, 5.41) is 10.1. The number of ketones is 2. The van der Waals surface area contributed by atoms with Crippen LogP contribution >= 0.6 is 101 Å². The summed E-state index contributed by atoms with van der Waals surface area (Å²) >= 11 is 20.0. The largest absolute Gasteiger partial charge is 1.00 e. The van der Waals surface area contributed by atoms with Crippen molar-refractivity contribution in [2.75, 3.05) is 26.1 Å². The molecule has 0 saturated carbocycles. The van der Waals surface area contributed by atoms with Crippen LogP contribution in [0.4, 0.5) is 52.7 Å². The van der Waals surface area contributed by atoms with E-state index >= 15 is 0 Å². The van der Waals surface area contributed by atoms with Gasteiger partial charge in [0.05, 0.1) is 82.8 Å². The average Bonchev–Trinajstić information content (AvgIpc) is 1.65. The van der Waals surface area contributed by atoms with Crippen LogP contribution in [0.3, 0.4) is 0 Å². The van der Waals surface area contributed by atoms with Crippen molar-refractivity contribution in [3.05, 3.63) is 157 Å². The van der Waals surface area contributed by atoms with Crippen molar-refractivity contribution < 1.29 is 133 Å². The number of nitrogens with two attached hydrogens (primary N) is 1. The molecule has 3 aromatic heterocycles. The zero-order valence-corrected chi connectivity index (χ0v) is 72.3. The van der Waals surface area contributed by atoms with E-state index in [1.165, 1.54) is 71.2 Å². The van der Waals surface area contributed by atoms with E-state index in [4.69, 9.17) is 42.1 Å². The molecule has 7 aromatic rings. The third-order valence-electron chi connectivity index (χ3n) is 13.9. The first-order chi connectivity index (χ1) is 52.5. The SMILES string of the molecule is CCCC(=O)C(Cl)C(=O)OCC.CCCCC(=O)CC(=O)OCC.CCCCc1nc(-c2ccc(C(F)(F)F)cc2)sc1C(=O)OCC.CCCCc1nc(-c2ccc(C(F)(F)F)cc2)sc1CCl.CCCCc1nc(-c2ccc(C(F)(F)F)cc2)sc1CO.CS(=O)(=O)Cl.NC(=S)c1ccc(C(F)(F)F)cc1.O=S(=O)(Cl)Cl.[AlH3].[H-].[Li+]. The fourth-order valence-electron chi connectivity index (χ4n) is 8.45. The summed E-state index contributed by atoms with van der Waals surface area (Å²) in [4.78, 5) is 71.5. The Balaban J connectivity index is -0.000000641. The van der Waals surface area contributed by atoms with E-state index in [0.29, 0.717) is 81.0 Å². The topological polar surface area (TPSA) is 266 Å². The number of carbonyl (C=O) groups is 5. The van der Waals surface area contributed by atoms with Gasteiger partial charge in [0.1, 0.15) is 37.1 Å². The molecule has 0 aliphatic heterocycles. The zero-order valence-electron chi connectivity index (χ0n) is 64.6. The molecule has 0 aliphatic rings. The molecule has 640 valence electrons. The van der Waals surface area contributed by atoms with E-state index in [1.54, 1.807) is 20.8 Å². The Hall–Kier alpha value is -4.99. The maximum Gasteiger partial charge on any atom is 1.00 e. The molecule has 0 bridgehead atoms. The molecule has 3 N–H and O–H groups in total. The molecule has 17 nitrogen and oxygen atoms in total. The predicted octanol–water partition coefficient (Wildman–Crippen LogP) is 18.3. The first kappa shape index (κ1) is 114. The van der Waals surface area contributed by atoms with Crippen molar-refractivity contribution in [2.45, 2.75) is 194 Å². The maximum absolute atomic E-state index is 12.6. The molecule has 0 aliphatic carbocycles. The van der Waals surface area contributed by atoms with Crippen molar-refractivity contribution in [2.24, 2.45) is 5.73 Å². The molecule has 0 saturated heterocycles. The molecule has 0 fully saturated rings. The number of halogens is 17. The molecule has 7 rings (SSSR count). The van der Waals surface area contributed by atoms with Gasteiger partial charge in [-0.1, -0.05) is 121 Å². The van der Waals surface area contributed by atoms with Gasteiger partial charge in [-0.25, -0.2) is 33.0 Å². The number of aliphatic hydroxyl groups is 1. The van der Waals surface area contributed by atoms with Gasteiger partial charge < -0.3 is 26.5 Å².